The molecule has 1 amide bonds. The molecule has 0 aliphatic rings. The lowest BCUT2D eigenvalue weighted by Gasteiger charge is -2.06. The molecule has 112 valence electrons. The van der Waals surface area contributed by atoms with Crippen LogP contribution in [-0.4, -0.2) is 20.9 Å². The molecule has 0 bridgehead atoms. The van der Waals surface area contributed by atoms with Gasteiger partial charge in [0.25, 0.3) is 0 Å². The summed E-state index contributed by atoms with van der Waals surface area (Å²) in [4.78, 5) is 11.9. The normalized spacial score (nSPS) is 12.2. The van der Waals surface area contributed by atoms with Crippen molar-refractivity contribution < 1.29 is 9.18 Å². The molecule has 0 aliphatic carbocycles. The second-order valence-electron chi connectivity index (χ2n) is 4.87. The number of rotatable bonds is 5. The van der Waals surface area contributed by atoms with Crippen molar-refractivity contribution in [3.8, 4) is 0 Å². The van der Waals surface area contributed by atoms with Crippen LogP contribution in [-0.2, 0) is 11.3 Å². The summed E-state index contributed by atoms with van der Waals surface area (Å²) in [5, 5.41) is 10.4. The molecule has 0 radical (unpaired) electrons. The molecule has 7 heteroatoms. The van der Waals surface area contributed by atoms with Crippen molar-refractivity contribution in [2.24, 2.45) is 5.73 Å². The Kier molecular flexibility index (Phi) is 4.64. The number of amides is 1. The Hall–Kier alpha value is -2.28. The van der Waals surface area contributed by atoms with Crippen LogP contribution in [0.4, 0.5) is 10.1 Å². The van der Waals surface area contributed by atoms with Gasteiger partial charge in [-0.2, -0.15) is 0 Å². The number of nitrogens with two attached hydrogens (primary N) is 1. The van der Waals surface area contributed by atoms with Crippen molar-refractivity contribution in [2.45, 2.75) is 32.9 Å². The third-order valence-electron chi connectivity index (χ3n) is 3.14. The Morgan fingerprint density at radius 1 is 1.52 bits per heavy atom. The van der Waals surface area contributed by atoms with Gasteiger partial charge in [-0.15, -0.1) is 5.10 Å². The van der Waals surface area contributed by atoms with Gasteiger partial charge in [-0.3, -0.25) is 4.79 Å². The lowest BCUT2D eigenvalue weighted by atomic mass is 10.2. The summed E-state index contributed by atoms with van der Waals surface area (Å²) in [6, 6.07) is 4.36. The quantitative estimate of drug-likeness (QED) is 0.879. The highest BCUT2D eigenvalue weighted by atomic mass is 19.1. The summed E-state index contributed by atoms with van der Waals surface area (Å²) in [5.41, 5.74) is 7.42. The summed E-state index contributed by atoms with van der Waals surface area (Å²) in [6.07, 6.45) is 2.39. The van der Waals surface area contributed by atoms with Crippen molar-refractivity contribution in [1.82, 2.24) is 15.0 Å². The number of hydrogen-bond acceptors (Lipinski definition) is 4. The summed E-state index contributed by atoms with van der Waals surface area (Å²) < 4.78 is 14.8. The highest BCUT2D eigenvalue weighted by molar-refractivity contribution is 5.90. The fourth-order valence-electron chi connectivity index (χ4n) is 1.79. The zero-order valence-corrected chi connectivity index (χ0v) is 12.0. The number of benzene rings is 1. The van der Waals surface area contributed by atoms with Gasteiger partial charge in [0.2, 0.25) is 5.91 Å². The van der Waals surface area contributed by atoms with E-state index in [1.165, 1.54) is 10.7 Å². The maximum Gasteiger partial charge on any atom is 0.246 e. The number of aromatic nitrogens is 3. The van der Waals surface area contributed by atoms with Crippen LogP contribution in [0, 0.1) is 12.7 Å². The van der Waals surface area contributed by atoms with Gasteiger partial charge in [-0.25, -0.2) is 9.07 Å². The van der Waals surface area contributed by atoms with Crippen molar-refractivity contribution in [3.63, 3.8) is 0 Å². The van der Waals surface area contributed by atoms with E-state index in [0.717, 1.165) is 6.42 Å². The van der Waals surface area contributed by atoms with Crippen LogP contribution in [0.25, 0.3) is 0 Å². The molecule has 2 aromatic rings. The van der Waals surface area contributed by atoms with E-state index in [4.69, 9.17) is 5.73 Å². The van der Waals surface area contributed by atoms with Gasteiger partial charge in [0, 0.05) is 5.69 Å². The number of halogens is 1. The Labute approximate surface area is 122 Å². The van der Waals surface area contributed by atoms with Crippen molar-refractivity contribution in [2.75, 3.05) is 5.32 Å². The van der Waals surface area contributed by atoms with Gasteiger partial charge < -0.3 is 11.1 Å². The molecule has 1 heterocycles. The largest absolute Gasteiger partial charge is 0.324 e. The van der Waals surface area contributed by atoms with E-state index in [-0.39, 0.29) is 24.3 Å². The van der Waals surface area contributed by atoms with Gasteiger partial charge in [0.1, 0.15) is 12.4 Å². The average molecular weight is 291 g/mol. The standard InChI is InChI=1S/C14H18FN5O/c1-3-12(16)13-7-20(19-18-13)8-14(21)17-10-5-4-9(2)11(15)6-10/h4-7,12H,3,8,16H2,1-2H3,(H,17,21). The fourth-order valence-corrected chi connectivity index (χ4v) is 1.79. The minimum Gasteiger partial charge on any atom is -0.324 e. The zero-order chi connectivity index (χ0) is 15.4. The number of anilines is 1. The molecule has 1 unspecified atom stereocenters. The van der Waals surface area contributed by atoms with E-state index in [0.29, 0.717) is 16.9 Å². The van der Waals surface area contributed by atoms with E-state index < -0.39 is 0 Å². The van der Waals surface area contributed by atoms with Gasteiger partial charge in [-0.1, -0.05) is 18.2 Å². The second kappa shape index (κ2) is 6.45. The van der Waals surface area contributed by atoms with Crippen LogP contribution < -0.4 is 11.1 Å². The van der Waals surface area contributed by atoms with Gasteiger partial charge >= 0.3 is 0 Å². The molecular weight excluding hydrogens is 273 g/mol. The Morgan fingerprint density at radius 3 is 2.95 bits per heavy atom. The summed E-state index contributed by atoms with van der Waals surface area (Å²) in [5.74, 6) is -0.662. The lowest BCUT2D eigenvalue weighted by molar-refractivity contribution is -0.116. The molecule has 0 fully saturated rings. The summed E-state index contributed by atoms with van der Waals surface area (Å²) in [6.45, 7) is 3.61. The highest BCUT2D eigenvalue weighted by Crippen LogP contribution is 2.14. The Morgan fingerprint density at radius 2 is 2.29 bits per heavy atom. The minimum absolute atomic E-state index is 0.00106. The molecule has 6 nitrogen and oxygen atoms in total. The topological polar surface area (TPSA) is 85.8 Å². The van der Waals surface area contributed by atoms with Gasteiger partial charge in [0.15, 0.2) is 0 Å². The van der Waals surface area contributed by atoms with Crippen LogP contribution in [0.2, 0.25) is 0 Å². The van der Waals surface area contributed by atoms with Crippen molar-refractivity contribution >= 4 is 11.6 Å². The zero-order valence-electron chi connectivity index (χ0n) is 12.0. The van der Waals surface area contributed by atoms with E-state index in [9.17, 15) is 9.18 Å². The molecule has 1 aromatic carbocycles. The summed E-state index contributed by atoms with van der Waals surface area (Å²) >= 11 is 0. The molecule has 1 atom stereocenters. The first-order valence-corrected chi connectivity index (χ1v) is 6.71. The number of hydrogen-bond donors (Lipinski definition) is 2. The van der Waals surface area contributed by atoms with Crippen molar-refractivity contribution in [1.29, 1.82) is 0 Å². The van der Waals surface area contributed by atoms with Crippen LogP contribution in [0.15, 0.2) is 24.4 Å². The number of carbonyl (C=O) groups is 1. The smallest absolute Gasteiger partial charge is 0.246 e. The number of nitrogens with one attached hydrogen (secondary N) is 1. The predicted molar refractivity (Wildman–Crippen MR) is 77.0 cm³/mol. The average Bonchev–Trinajstić information content (AvgIpc) is 2.90. The molecule has 3 N–H and O–H groups in total. The molecule has 1 aromatic heterocycles. The molecule has 0 saturated carbocycles. The van der Waals surface area contributed by atoms with Gasteiger partial charge in [-0.05, 0) is 31.0 Å². The number of carbonyl (C=O) groups excluding carboxylic acids is 1. The third kappa shape index (κ3) is 3.85. The van der Waals surface area contributed by atoms with E-state index in [1.807, 2.05) is 6.92 Å². The van der Waals surface area contributed by atoms with Crippen LogP contribution in [0.1, 0.15) is 30.6 Å². The SMILES string of the molecule is CCC(N)c1cn(CC(=O)Nc2ccc(C)c(F)c2)nn1. The van der Waals surface area contributed by atoms with Crippen molar-refractivity contribution in [3.05, 3.63) is 41.5 Å². The predicted octanol–water partition coefficient (Wildman–Crippen LogP) is 1.77. The molecule has 21 heavy (non-hydrogen) atoms. The second-order valence-corrected chi connectivity index (χ2v) is 4.87. The third-order valence-corrected chi connectivity index (χ3v) is 3.14. The molecule has 0 saturated heterocycles. The first-order chi connectivity index (χ1) is 9.99. The fraction of sp³-hybridized carbons (Fsp3) is 0.357. The van der Waals surface area contributed by atoms with Crippen LogP contribution in [0.5, 0.6) is 0 Å². The first-order valence-electron chi connectivity index (χ1n) is 6.71. The highest BCUT2D eigenvalue weighted by Gasteiger charge is 2.11. The molecule has 0 aliphatic heterocycles. The monoisotopic (exact) mass is 291 g/mol. The number of nitrogens with zero attached hydrogens (tertiary/aromatic N) is 3. The molecule has 2 rings (SSSR count). The molecule has 0 spiro atoms. The summed E-state index contributed by atoms with van der Waals surface area (Å²) in [7, 11) is 0. The van der Waals surface area contributed by atoms with E-state index in [1.54, 1.807) is 25.3 Å². The lowest BCUT2D eigenvalue weighted by Crippen LogP contribution is -2.19. The Bertz CT molecular complexity index is 640. The van der Waals surface area contributed by atoms with Crippen LogP contribution >= 0.6 is 0 Å². The van der Waals surface area contributed by atoms with Crippen LogP contribution in [0.3, 0.4) is 0 Å². The molecular formula is C14H18FN5O. The Balaban J connectivity index is 1.98. The maximum absolute atomic E-state index is 13.4. The minimum atomic E-state index is -0.357. The van der Waals surface area contributed by atoms with E-state index in [2.05, 4.69) is 15.6 Å². The number of aryl methyl sites for hydroxylation is 1. The van der Waals surface area contributed by atoms with E-state index >= 15 is 0 Å². The first kappa shape index (κ1) is 15.1. The maximum atomic E-state index is 13.4. The van der Waals surface area contributed by atoms with Gasteiger partial charge in [0.05, 0.1) is 17.9 Å².